The molecule has 0 saturated heterocycles. The van der Waals surface area contributed by atoms with E-state index in [2.05, 4.69) is 34.6 Å². The zero-order valence-electron chi connectivity index (χ0n) is 17.7. The van der Waals surface area contributed by atoms with Crippen molar-refractivity contribution in [1.82, 2.24) is 14.8 Å². The number of hydrogen-bond donors (Lipinski definition) is 1. The predicted octanol–water partition coefficient (Wildman–Crippen LogP) is 4.20. The molecule has 3 aromatic rings. The molecule has 0 aliphatic carbocycles. The molecule has 0 aliphatic rings. The van der Waals surface area contributed by atoms with Crippen LogP contribution in [0, 0.1) is 0 Å². The van der Waals surface area contributed by atoms with Crippen LogP contribution in [-0.2, 0) is 28.9 Å². The molecule has 0 aliphatic heterocycles. The van der Waals surface area contributed by atoms with Gasteiger partial charge in [0.2, 0.25) is 5.91 Å². The number of carbonyl (C=O) groups excluding carboxylic acids is 1. The summed E-state index contributed by atoms with van der Waals surface area (Å²) < 4.78 is 7.30. The number of ether oxygens (including phenoxy) is 1. The number of rotatable bonds is 10. The van der Waals surface area contributed by atoms with Crippen molar-refractivity contribution in [3.05, 3.63) is 71.5 Å². The molecule has 1 atom stereocenters. The normalized spacial score (nSPS) is 12.0. The van der Waals surface area contributed by atoms with Gasteiger partial charge >= 0.3 is 0 Å². The van der Waals surface area contributed by atoms with Crippen LogP contribution in [0.4, 0.5) is 5.69 Å². The number of carbonyl (C=O) groups is 1. The van der Waals surface area contributed by atoms with Crippen LogP contribution in [0.1, 0.15) is 30.8 Å². The zero-order chi connectivity index (χ0) is 21.3. The van der Waals surface area contributed by atoms with Crippen LogP contribution in [-0.4, -0.2) is 39.6 Å². The molecule has 1 amide bonds. The molecule has 0 fully saturated rings. The molecule has 0 saturated carbocycles. The smallest absolute Gasteiger partial charge is 0.237 e. The average molecular weight is 425 g/mol. The van der Waals surface area contributed by atoms with E-state index in [1.807, 2.05) is 54.0 Å². The SMILES string of the molecule is CCc1ccc(NC(=O)[C@H](C)Sc2nnc(Cc3ccccc3)n2CCOC)cc1. The lowest BCUT2D eigenvalue weighted by molar-refractivity contribution is -0.115. The zero-order valence-corrected chi connectivity index (χ0v) is 18.5. The van der Waals surface area contributed by atoms with E-state index >= 15 is 0 Å². The van der Waals surface area contributed by atoms with Crippen molar-refractivity contribution in [3.63, 3.8) is 0 Å². The van der Waals surface area contributed by atoms with E-state index in [0.29, 0.717) is 19.6 Å². The first-order valence-electron chi connectivity index (χ1n) is 10.1. The minimum atomic E-state index is -0.314. The van der Waals surface area contributed by atoms with E-state index in [4.69, 9.17) is 4.74 Å². The Bertz CT molecular complexity index is 942. The number of benzene rings is 2. The number of amides is 1. The minimum Gasteiger partial charge on any atom is -0.383 e. The molecular weight excluding hydrogens is 396 g/mol. The van der Waals surface area contributed by atoms with Crippen LogP contribution in [0.3, 0.4) is 0 Å². The van der Waals surface area contributed by atoms with E-state index in [1.54, 1.807) is 7.11 Å². The third-order valence-corrected chi connectivity index (χ3v) is 5.88. The second-order valence-electron chi connectivity index (χ2n) is 7.01. The first-order chi connectivity index (χ1) is 14.6. The Morgan fingerprint density at radius 2 is 1.83 bits per heavy atom. The van der Waals surface area contributed by atoms with Crippen molar-refractivity contribution >= 4 is 23.4 Å². The first kappa shape index (κ1) is 22.1. The van der Waals surface area contributed by atoms with E-state index in [9.17, 15) is 4.79 Å². The molecule has 6 nitrogen and oxygen atoms in total. The maximum absolute atomic E-state index is 12.7. The highest BCUT2D eigenvalue weighted by Crippen LogP contribution is 2.24. The summed E-state index contributed by atoms with van der Waals surface area (Å²) in [6, 6.07) is 18.1. The summed E-state index contributed by atoms with van der Waals surface area (Å²) in [5.41, 5.74) is 3.21. The number of nitrogens with zero attached hydrogens (tertiary/aromatic N) is 3. The van der Waals surface area contributed by atoms with Crippen molar-refractivity contribution in [2.24, 2.45) is 0 Å². The van der Waals surface area contributed by atoms with Gasteiger partial charge in [0.1, 0.15) is 5.82 Å². The fraction of sp³-hybridized carbons (Fsp3) is 0.348. The predicted molar refractivity (Wildman–Crippen MR) is 121 cm³/mol. The minimum absolute atomic E-state index is 0.0600. The van der Waals surface area contributed by atoms with Gasteiger partial charge < -0.3 is 14.6 Å². The van der Waals surface area contributed by atoms with Gasteiger partial charge in [-0.15, -0.1) is 10.2 Å². The Balaban J connectivity index is 1.69. The van der Waals surface area contributed by atoms with Crippen molar-refractivity contribution in [2.75, 3.05) is 19.0 Å². The highest BCUT2D eigenvalue weighted by Gasteiger charge is 2.20. The number of nitrogens with one attached hydrogen (secondary N) is 1. The second kappa shape index (κ2) is 10.9. The Morgan fingerprint density at radius 3 is 2.50 bits per heavy atom. The van der Waals surface area contributed by atoms with Crippen LogP contribution in [0.2, 0.25) is 0 Å². The maximum Gasteiger partial charge on any atom is 0.237 e. The van der Waals surface area contributed by atoms with Gasteiger partial charge in [0.15, 0.2) is 5.16 Å². The highest BCUT2D eigenvalue weighted by molar-refractivity contribution is 8.00. The van der Waals surface area contributed by atoms with Crippen molar-refractivity contribution in [1.29, 1.82) is 0 Å². The average Bonchev–Trinajstić information content (AvgIpc) is 3.14. The Kier molecular flexibility index (Phi) is 8.04. The lowest BCUT2D eigenvalue weighted by Gasteiger charge is -2.14. The maximum atomic E-state index is 12.7. The summed E-state index contributed by atoms with van der Waals surface area (Å²) >= 11 is 1.41. The molecule has 30 heavy (non-hydrogen) atoms. The molecule has 1 N–H and O–H groups in total. The van der Waals surface area contributed by atoms with Gasteiger partial charge in [0.25, 0.3) is 0 Å². The van der Waals surface area contributed by atoms with E-state index in [-0.39, 0.29) is 11.2 Å². The number of anilines is 1. The summed E-state index contributed by atoms with van der Waals surface area (Å²) in [6.07, 6.45) is 1.66. The number of aryl methyl sites for hydroxylation is 1. The number of hydrogen-bond acceptors (Lipinski definition) is 5. The Labute approximate surface area is 182 Å². The molecule has 1 heterocycles. The third-order valence-electron chi connectivity index (χ3n) is 4.80. The second-order valence-corrected chi connectivity index (χ2v) is 8.31. The van der Waals surface area contributed by atoms with Crippen molar-refractivity contribution in [2.45, 2.75) is 43.6 Å². The third kappa shape index (κ3) is 5.93. The lowest BCUT2D eigenvalue weighted by Crippen LogP contribution is -2.23. The fourth-order valence-corrected chi connectivity index (χ4v) is 3.90. The highest BCUT2D eigenvalue weighted by atomic mass is 32.2. The van der Waals surface area contributed by atoms with Gasteiger partial charge in [-0.25, -0.2) is 0 Å². The van der Waals surface area contributed by atoms with Gasteiger partial charge in [-0.05, 0) is 36.6 Å². The van der Waals surface area contributed by atoms with Crippen LogP contribution in [0.15, 0.2) is 59.8 Å². The van der Waals surface area contributed by atoms with E-state index < -0.39 is 0 Å². The summed E-state index contributed by atoms with van der Waals surface area (Å²) in [5, 5.41) is 12.1. The van der Waals surface area contributed by atoms with Crippen LogP contribution in [0.25, 0.3) is 0 Å². The first-order valence-corrected chi connectivity index (χ1v) is 11.0. The van der Waals surface area contributed by atoms with Crippen LogP contribution >= 0.6 is 11.8 Å². The molecule has 3 rings (SSSR count). The molecular formula is C23H28N4O2S. The van der Waals surface area contributed by atoms with Crippen LogP contribution < -0.4 is 5.32 Å². The van der Waals surface area contributed by atoms with Gasteiger partial charge in [0.05, 0.1) is 11.9 Å². The number of methoxy groups -OCH3 is 1. The fourth-order valence-electron chi connectivity index (χ4n) is 3.00. The van der Waals surface area contributed by atoms with Crippen LogP contribution in [0.5, 0.6) is 0 Å². The van der Waals surface area contributed by atoms with Crippen molar-refractivity contribution < 1.29 is 9.53 Å². The molecule has 0 spiro atoms. The molecule has 2 aromatic carbocycles. The molecule has 158 valence electrons. The monoisotopic (exact) mass is 424 g/mol. The summed E-state index contributed by atoms with van der Waals surface area (Å²) in [7, 11) is 1.67. The van der Waals surface area contributed by atoms with Crippen molar-refractivity contribution in [3.8, 4) is 0 Å². The molecule has 7 heteroatoms. The van der Waals surface area contributed by atoms with E-state index in [0.717, 1.165) is 23.1 Å². The Hall–Kier alpha value is -2.64. The quantitative estimate of drug-likeness (QED) is 0.494. The molecule has 1 aromatic heterocycles. The largest absolute Gasteiger partial charge is 0.383 e. The summed E-state index contributed by atoms with van der Waals surface area (Å²) in [4.78, 5) is 12.7. The molecule has 0 bridgehead atoms. The van der Waals surface area contributed by atoms with Gasteiger partial charge in [0, 0.05) is 25.8 Å². The number of thioether (sulfide) groups is 1. The topological polar surface area (TPSA) is 69.0 Å². The van der Waals surface area contributed by atoms with Gasteiger partial charge in [-0.2, -0.15) is 0 Å². The molecule has 0 unspecified atom stereocenters. The Morgan fingerprint density at radius 1 is 1.10 bits per heavy atom. The lowest BCUT2D eigenvalue weighted by atomic mass is 10.1. The standard InChI is InChI=1S/C23H28N4O2S/c1-4-18-10-12-20(13-11-18)24-22(28)17(2)30-23-26-25-21(27(23)14-15-29-3)16-19-8-6-5-7-9-19/h5-13,17H,4,14-16H2,1-3H3,(H,24,28)/t17-/m0/s1. The van der Waals surface area contributed by atoms with Gasteiger partial charge in [-0.3, -0.25) is 4.79 Å². The number of aromatic nitrogens is 3. The van der Waals surface area contributed by atoms with E-state index in [1.165, 1.54) is 22.9 Å². The van der Waals surface area contributed by atoms with Gasteiger partial charge in [-0.1, -0.05) is 61.2 Å². The summed E-state index contributed by atoms with van der Waals surface area (Å²) in [5.74, 6) is 0.804. The molecule has 0 radical (unpaired) electrons. The summed E-state index contributed by atoms with van der Waals surface area (Å²) in [6.45, 7) is 5.18.